The summed E-state index contributed by atoms with van der Waals surface area (Å²) in [5, 5.41) is 7.30. The van der Waals surface area contributed by atoms with Gasteiger partial charge in [0.2, 0.25) is 0 Å². The number of hydrogen-bond acceptors (Lipinski definition) is 4. The number of nitrogens with zero attached hydrogens (tertiary/aromatic N) is 3. The molecule has 0 saturated carbocycles. The number of nitrogens with one attached hydrogen (secondary N) is 1. The molecule has 3 heterocycles. The van der Waals surface area contributed by atoms with E-state index in [1.807, 2.05) is 25.3 Å². The first-order valence-electron chi connectivity index (χ1n) is 8.25. The number of carbonyl (C=O) groups is 2. The van der Waals surface area contributed by atoms with Gasteiger partial charge in [0.25, 0.3) is 5.91 Å². The molecule has 0 aliphatic carbocycles. The predicted octanol–water partition coefficient (Wildman–Crippen LogP) is 1.99. The van der Waals surface area contributed by atoms with Crippen LogP contribution in [0.3, 0.4) is 0 Å². The maximum absolute atomic E-state index is 12.6. The molecule has 0 unspecified atom stereocenters. The Bertz CT molecular complexity index is 747. The van der Waals surface area contributed by atoms with Gasteiger partial charge in [-0.2, -0.15) is 5.10 Å². The molecule has 0 atom stereocenters. The lowest BCUT2D eigenvalue weighted by molar-refractivity contribution is 0.0861. The van der Waals surface area contributed by atoms with Gasteiger partial charge >= 0.3 is 6.09 Å². The van der Waals surface area contributed by atoms with Gasteiger partial charge in [-0.3, -0.25) is 4.79 Å². The zero-order valence-electron chi connectivity index (χ0n) is 14.0. The molecule has 1 saturated heterocycles. The highest BCUT2D eigenvalue weighted by Crippen LogP contribution is 2.17. The first-order chi connectivity index (χ1) is 11.6. The van der Waals surface area contributed by atoms with E-state index in [0.29, 0.717) is 25.3 Å². The normalized spacial score (nSPS) is 15.5. The van der Waals surface area contributed by atoms with Crippen molar-refractivity contribution in [2.75, 3.05) is 19.7 Å². The van der Waals surface area contributed by atoms with Crippen LogP contribution < -0.4 is 5.32 Å². The van der Waals surface area contributed by atoms with Crippen LogP contribution in [-0.2, 0) is 4.74 Å². The van der Waals surface area contributed by atoms with Crippen molar-refractivity contribution >= 4 is 17.5 Å². The summed E-state index contributed by atoms with van der Waals surface area (Å²) in [5.41, 5.74) is 2.43. The van der Waals surface area contributed by atoms with Gasteiger partial charge in [0, 0.05) is 25.3 Å². The van der Waals surface area contributed by atoms with Gasteiger partial charge in [-0.15, -0.1) is 0 Å². The SMILES string of the molecule is CCOC(=O)N1CCC(NC(=O)c2cnn3cccc(C)c23)CC1. The van der Waals surface area contributed by atoms with Gasteiger partial charge in [0.05, 0.1) is 23.9 Å². The van der Waals surface area contributed by atoms with Gasteiger partial charge < -0.3 is 15.0 Å². The summed E-state index contributed by atoms with van der Waals surface area (Å²) < 4.78 is 6.72. The molecule has 0 spiro atoms. The van der Waals surface area contributed by atoms with E-state index in [1.165, 1.54) is 0 Å². The molecule has 0 bridgehead atoms. The number of fused-ring (bicyclic) bond motifs is 1. The molecular weight excluding hydrogens is 308 g/mol. The Balaban J connectivity index is 1.63. The zero-order chi connectivity index (χ0) is 17.1. The minimum Gasteiger partial charge on any atom is -0.450 e. The molecule has 1 N–H and O–H groups in total. The largest absolute Gasteiger partial charge is 0.450 e. The van der Waals surface area contributed by atoms with Crippen molar-refractivity contribution in [3.05, 3.63) is 35.7 Å². The van der Waals surface area contributed by atoms with E-state index in [9.17, 15) is 9.59 Å². The summed E-state index contributed by atoms with van der Waals surface area (Å²) in [5.74, 6) is -0.117. The van der Waals surface area contributed by atoms with E-state index in [4.69, 9.17) is 4.74 Å². The highest BCUT2D eigenvalue weighted by molar-refractivity contribution is 6.01. The minimum absolute atomic E-state index is 0.0575. The average molecular weight is 330 g/mol. The minimum atomic E-state index is -0.277. The molecule has 3 rings (SSSR count). The standard InChI is InChI=1S/C17H22N4O3/c1-3-24-17(23)20-9-6-13(7-10-20)19-16(22)14-11-18-21-8-4-5-12(2)15(14)21/h4-5,8,11,13H,3,6-7,9-10H2,1-2H3,(H,19,22). The van der Waals surface area contributed by atoms with Crippen molar-refractivity contribution in [2.24, 2.45) is 0 Å². The Kier molecular flexibility index (Phi) is 4.69. The van der Waals surface area contributed by atoms with Gasteiger partial charge in [-0.25, -0.2) is 9.31 Å². The molecule has 2 aromatic rings. The third kappa shape index (κ3) is 3.20. The molecule has 128 valence electrons. The van der Waals surface area contributed by atoms with Crippen LogP contribution in [0.15, 0.2) is 24.5 Å². The van der Waals surface area contributed by atoms with E-state index in [0.717, 1.165) is 23.9 Å². The number of aryl methyl sites for hydroxylation is 1. The number of likely N-dealkylation sites (tertiary alicyclic amines) is 1. The Hall–Kier alpha value is -2.57. The third-order valence-electron chi connectivity index (χ3n) is 4.34. The summed E-state index contributed by atoms with van der Waals surface area (Å²) in [6, 6.07) is 3.93. The molecule has 2 amide bonds. The average Bonchev–Trinajstić information content (AvgIpc) is 3.01. The van der Waals surface area contributed by atoms with Gasteiger partial charge in [-0.1, -0.05) is 6.07 Å². The lowest BCUT2D eigenvalue weighted by Gasteiger charge is -2.31. The molecule has 0 aromatic carbocycles. The number of carbonyl (C=O) groups excluding carboxylic acids is 2. The van der Waals surface area contributed by atoms with Crippen molar-refractivity contribution < 1.29 is 14.3 Å². The maximum Gasteiger partial charge on any atom is 0.409 e. The van der Waals surface area contributed by atoms with Crippen LogP contribution in [0.25, 0.3) is 5.52 Å². The maximum atomic E-state index is 12.6. The number of piperidine rings is 1. The monoisotopic (exact) mass is 330 g/mol. The Labute approximate surface area is 140 Å². The van der Waals surface area contributed by atoms with Crippen molar-refractivity contribution in [3.63, 3.8) is 0 Å². The van der Waals surface area contributed by atoms with E-state index in [1.54, 1.807) is 22.5 Å². The summed E-state index contributed by atoms with van der Waals surface area (Å²) in [7, 11) is 0. The molecule has 1 fully saturated rings. The number of amides is 2. The molecule has 1 aliphatic rings. The van der Waals surface area contributed by atoms with Gasteiger partial charge in [0.1, 0.15) is 0 Å². The lowest BCUT2D eigenvalue weighted by atomic mass is 10.0. The smallest absolute Gasteiger partial charge is 0.409 e. The Morgan fingerprint density at radius 2 is 2.12 bits per heavy atom. The van der Waals surface area contributed by atoms with Crippen LogP contribution in [0.1, 0.15) is 35.7 Å². The molecule has 24 heavy (non-hydrogen) atoms. The number of aromatic nitrogens is 2. The van der Waals surface area contributed by atoms with E-state index in [2.05, 4.69) is 10.4 Å². The lowest BCUT2D eigenvalue weighted by Crippen LogP contribution is -2.46. The first-order valence-corrected chi connectivity index (χ1v) is 8.25. The molecule has 1 aliphatic heterocycles. The van der Waals surface area contributed by atoms with Crippen LogP contribution >= 0.6 is 0 Å². The molecule has 2 aromatic heterocycles. The highest BCUT2D eigenvalue weighted by Gasteiger charge is 2.25. The summed E-state index contributed by atoms with van der Waals surface area (Å²) in [6.07, 6.45) is 4.61. The van der Waals surface area contributed by atoms with Crippen LogP contribution in [0, 0.1) is 6.92 Å². The van der Waals surface area contributed by atoms with E-state index >= 15 is 0 Å². The number of pyridine rings is 1. The second-order valence-corrected chi connectivity index (χ2v) is 5.98. The highest BCUT2D eigenvalue weighted by atomic mass is 16.6. The molecule has 7 nitrogen and oxygen atoms in total. The van der Waals surface area contributed by atoms with E-state index < -0.39 is 0 Å². The summed E-state index contributed by atoms with van der Waals surface area (Å²) in [6.45, 7) is 5.33. The second-order valence-electron chi connectivity index (χ2n) is 5.98. The van der Waals surface area contributed by atoms with Crippen LogP contribution in [0.4, 0.5) is 4.79 Å². The van der Waals surface area contributed by atoms with Gasteiger partial charge in [-0.05, 0) is 38.3 Å². The fourth-order valence-corrected chi connectivity index (χ4v) is 3.07. The van der Waals surface area contributed by atoms with Gasteiger partial charge in [0.15, 0.2) is 0 Å². The predicted molar refractivity (Wildman–Crippen MR) is 89.0 cm³/mol. The second kappa shape index (κ2) is 6.90. The van der Waals surface area contributed by atoms with E-state index in [-0.39, 0.29) is 18.0 Å². The van der Waals surface area contributed by atoms with Crippen LogP contribution in [0.2, 0.25) is 0 Å². The van der Waals surface area contributed by atoms with Crippen molar-refractivity contribution in [1.82, 2.24) is 19.8 Å². The fraction of sp³-hybridized carbons (Fsp3) is 0.471. The Morgan fingerprint density at radius 3 is 2.83 bits per heavy atom. The van der Waals surface area contributed by atoms with Crippen LogP contribution in [-0.4, -0.2) is 52.3 Å². The topological polar surface area (TPSA) is 75.9 Å². The quantitative estimate of drug-likeness (QED) is 0.934. The number of hydrogen-bond donors (Lipinski definition) is 1. The zero-order valence-corrected chi connectivity index (χ0v) is 14.0. The van der Waals surface area contributed by atoms with Crippen LogP contribution in [0.5, 0.6) is 0 Å². The summed E-state index contributed by atoms with van der Waals surface area (Å²) >= 11 is 0. The van der Waals surface area contributed by atoms with Crippen molar-refractivity contribution in [2.45, 2.75) is 32.7 Å². The van der Waals surface area contributed by atoms with Crippen molar-refractivity contribution in [1.29, 1.82) is 0 Å². The molecule has 7 heteroatoms. The Morgan fingerprint density at radius 1 is 1.38 bits per heavy atom. The molecule has 0 radical (unpaired) electrons. The molecular formula is C17H22N4O3. The number of ether oxygens (including phenoxy) is 1. The third-order valence-corrected chi connectivity index (χ3v) is 4.34. The fourth-order valence-electron chi connectivity index (χ4n) is 3.07. The first kappa shape index (κ1) is 16.3. The summed E-state index contributed by atoms with van der Waals surface area (Å²) in [4.78, 5) is 26.0. The van der Waals surface area contributed by atoms with Crippen molar-refractivity contribution in [3.8, 4) is 0 Å². The number of rotatable bonds is 3.